The maximum atomic E-state index is 11.9. The molecule has 0 aliphatic carbocycles. The van der Waals surface area contributed by atoms with E-state index in [1.54, 1.807) is 29.1 Å². The first kappa shape index (κ1) is 18.3. The zero-order chi connectivity index (χ0) is 18.4. The minimum Gasteiger partial charge on any atom is -0.484 e. The maximum Gasteiger partial charge on any atom is 0.257 e. The summed E-state index contributed by atoms with van der Waals surface area (Å²) in [5.74, 6) is 0.313. The van der Waals surface area contributed by atoms with Crippen LogP contribution in [0.1, 0.15) is 5.56 Å². The number of hydrogen-bond donors (Lipinski definition) is 1. The molecule has 1 heterocycles. The molecule has 0 fully saturated rings. The van der Waals surface area contributed by atoms with Gasteiger partial charge in [-0.15, -0.1) is 0 Å². The lowest BCUT2D eigenvalue weighted by atomic mass is 10.1. The number of halogens is 2. The Hall–Kier alpha value is -2.50. The lowest BCUT2D eigenvalue weighted by Crippen LogP contribution is -2.30. The molecule has 0 aliphatic rings. The minimum absolute atomic E-state index is 0.0732. The molecule has 0 unspecified atom stereocenters. The van der Waals surface area contributed by atoms with Crippen molar-refractivity contribution in [1.82, 2.24) is 15.1 Å². The molecule has 0 radical (unpaired) electrons. The van der Waals surface area contributed by atoms with Crippen LogP contribution in [-0.2, 0) is 11.2 Å². The second kappa shape index (κ2) is 8.74. The van der Waals surface area contributed by atoms with Gasteiger partial charge in [-0.2, -0.15) is 5.10 Å². The van der Waals surface area contributed by atoms with Crippen LogP contribution in [0.4, 0.5) is 0 Å². The maximum absolute atomic E-state index is 11.9. The first-order chi connectivity index (χ1) is 12.6. The number of aromatic nitrogens is 2. The monoisotopic (exact) mass is 389 g/mol. The molecule has 134 valence electrons. The number of hydrogen-bond acceptors (Lipinski definition) is 3. The van der Waals surface area contributed by atoms with Crippen LogP contribution in [0.15, 0.2) is 60.9 Å². The Morgan fingerprint density at radius 2 is 1.92 bits per heavy atom. The molecule has 3 rings (SSSR count). The van der Waals surface area contributed by atoms with Gasteiger partial charge in [0.15, 0.2) is 6.61 Å². The molecule has 3 aromatic rings. The standard InChI is InChI=1S/C19H17Cl2N3O2/c20-17-7-6-16(12-18(17)21)26-13-19(25)22-10-8-14-2-4-15(5-3-14)24-11-1-9-23-24/h1-7,9,11-12H,8,10,13H2,(H,22,25). The van der Waals surface area contributed by atoms with Gasteiger partial charge in [-0.05, 0) is 42.3 Å². The van der Waals surface area contributed by atoms with Crippen molar-refractivity contribution < 1.29 is 9.53 Å². The number of carbonyl (C=O) groups is 1. The molecule has 1 N–H and O–H groups in total. The van der Waals surface area contributed by atoms with E-state index in [1.807, 2.05) is 36.5 Å². The van der Waals surface area contributed by atoms with E-state index in [1.165, 1.54) is 0 Å². The Bertz CT molecular complexity index is 865. The SMILES string of the molecule is O=C(COc1ccc(Cl)c(Cl)c1)NCCc1ccc(-n2cccn2)cc1. The molecule has 0 aliphatic heterocycles. The molecule has 1 amide bonds. The van der Waals surface area contributed by atoms with Gasteiger partial charge < -0.3 is 10.1 Å². The van der Waals surface area contributed by atoms with Crippen LogP contribution in [0.2, 0.25) is 10.0 Å². The third kappa shape index (κ3) is 5.00. The van der Waals surface area contributed by atoms with Crippen molar-refractivity contribution in [2.45, 2.75) is 6.42 Å². The smallest absolute Gasteiger partial charge is 0.257 e. The number of rotatable bonds is 7. The molecule has 1 aromatic heterocycles. The van der Waals surface area contributed by atoms with Crippen LogP contribution in [0.3, 0.4) is 0 Å². The Morgan fingerprint density at radius 1 is 1.12 bits per heavy atom. The molecule has 5 nitrogen and oxygen atoms in total. The van der Waals surface area contributed by atoms with Gasteiger partial charge >= 0.3 is 0 Å². The second-order valence-corrected chi connectivity index (χ2v) is 6.40. The summed E-state index contributed by atoms with van der Waals surface area (Å²) >= 11 is 11.7. The first-order valence-electron chi connectivity index (χ1n) is 8.05. The average molecular weight is 390 g/mol. The van der Waals surface area contributed by atoms with E-state index in [-0.39, 0.29) is 12.5 Å². The normalized spacial score (nSPS) is 10.5. The molecule has 0 spiro atoms. The van der Waals surface area contributed by atoms with Crippen molar-refractivity contribution in [1.29, 1.82) is 0 Å². The molecular weight excluding hydrogens is 373 g/mol. The van der Waals surface area contributed by atoms with Gasteiger partial charge in [0, 0.05) is 25.0 Å². The highest BCUT2D eigenvalue weighted by molar-refractivity contribution is 6.42. The number of carbonyl (C=O) groups excluding carboxylic acids is 1. The van der Waals surface area contributed by atoms with Crippen molar-refractivity contribution in [3.05, 3.63) is 76.5 Å². The number of nitrogens with zero attached hydrogens (tertiary/aromatic N) is 2. The predicted octanol–water partition coefficient (Wildman–Crippen LogP) is 3.92. The number of nitrogens with one attached hydrogen (secondary N) is 1. The van der Waals surface area contributed by atoms with E-state index in [2.05, 4.69) is 10.4 Å². The zero-order valence-electron chi connectivity index (χ0n) is 13.9. The summed E-state index contributed by atoms with van der Waals surface area (Å²) < 4.78 is 7.20. The molecule has 0 bridgehead atoms. The number of amides is 1. The largest absolute Gasteiger partial charge is 0.484 e. The minimum atomic E-state index is -0.191. The summed E-state index contributed by atoms with van der Waals surface area (Å²) in [4.78, 5) is 11.9. The van der Waals surface area contributed by atoms with Gasteiger partial charge in [0.25, 0.3) is 5.91 Å². The fourth-order valence-corrected chi connectivity index (χ4v) is 2.64. The molecule has 0 saturated carbocycles. The highest BCUT2D eigenvalue weighted by Crippen LogP contribution is 2.26. The van der Waals surface area contributed by atoms with Gasteiger partial charge in [0.05, 0.1) is 15.7 Å². The fourth-order valence-electron chi connectivity index (χ4n) is 2.35. The average Bonchev–Trinajstić information content (AvgIpc) is 3.18. The quantitative estimate of drug-likeness (QED) is 0.666. The molecule has 0 atom stereocenters. The summed E-state index contributed by atoms with van der Waals surface area (Å²) in [5.41, 5.74) is 2.13. The summed E-state index contributed by atoms with van der Waals surface area (Å²) in [7, 11) is 0. The molecule has 0 saturated heterocycles. The van der Waals surface area contributed by atoms with Crippen molar-refractivity contribution in [3.8, 4) is 11.4 Å². The van der Waals surface area contributed by atoms with Gasteiger partial charge in [0.2, 0.25) is 0 Å². The van der Waals surface area contributed by atoms with Crippen molar-refractivity contribution in [2.75, 3.05) is 13.2 Å². The lowest BCUT2D eigenvalue weighted by Gasteiger charge is -2.09. The predicted molar refractivity (Wildman–Crippen MR) is 102 cm³/mol. The number of benzene rings is 2. The van der Waals surface area contributed by atoms with Crippen LogP contribution in [0, 0.1) is 0 Å². The van der Waals surface area contributed by atoms with Crippen molar-refractivity contribution in [2.24, 2.45) is 0 Å². The Kier molecular flexibility index (Phi) is 6.15. The summed E-state index contributed by atoms with van der Waals surface area (Å²) in [6.45, 7) is 0.459. The van der Waals surface area contributed by atoms with E-state index in [0.29, 0.717) is 22.3 Å². The van der Waals surface area contributed by atoms with Crippen LogP contribution < -0.4 is 10.1 Å². The van der Waals surface area contributed by atoms with Gasteiger partial charge in [-0.1, -0.05) is 35.3 Å². The van der Waals surface area contributed by atoms with Crippen LogP contribution in [-0.4, -0.2) is 28.8 Å². The third-order valence-electron chi connectivity index (χ3n) is 3.70. The van der Waals surface area contributed by atoms with E-state index in [0.717, 1.165) is 17.7 Å². The molecule has 2 aromatic carbocycles. The van der Waals surface area contributed by atoms with Crippen LogP contribution in [0.25, 0.3) is 5.69 Å². The van der Waals surface area contributed by atoms with Crippen molar-refractivity contribution >= 4 is 29.1 Å². The second-order valence-electron chi connectivity index (χ2n) is 5.58. The Labute approximate surface area is 161 Å². The van der Waals surface area contributed by atoms with Crippen LogP contribution >= 0.6 is 23.2 Å². The molecular formula is C19H17Cl2N3O2. The fraction of sp³-hybridized carbons (Fsp3) is 0.158. The van der Waals surface area contributed by atoms with Crippen molar-refractivity contribution in [3.63, 3.8) is 0 Å². The van der Waals surface area contributed by atoms with E-state index in [4.69, 9.17) is 27.9 Å². The Morgan fingerprint density at radius 3 is 2.62 bits per heavy atom. The first-order valence-corrected chi connectivity index (χ1v) is 8.81. The summed E-state index contributed by atoms with van der Waals surface area (Å²) in [6, 6.07) is 14.8. The molecule has 7 heteroatoms. The van der Waals surface area contributed by atoms with Gasteiger partial charge in [-0.25, -0.2) is 4.68 Å². The Balaban J connectivity index is 1.41. The number of ether oxygens (including phenoxy) is 1. The zero-order valence-corrected chi connectivity index (χ0v) is 15.4. The third-order valence-corrected chi connectivity index (χ3v) is 4.44. The summed E-state index contributed by atoms with van der Waals surface area (Å²) in [6.07, 6.45) is 4.37. The van der Waals surface area contributed by atoms with E-state index >= 15 is 0 Å². The van der Waals surface area contributed by atoms with Gasteiger partial charge in [-0.3, -0.25) is 4.79 Å². The highest BCUT2D eigenvalue weighted by Gasteiger charge is 2.05. The highest BCUT2D eigenvalue weighted by atomic mass is 35.5. The summed E-state index contributed by atoms with van der Waals surface area (Å²) in [5, 5.41) is 7.85. The topological polar surface area (TPSA) is 56.1 Å². The van der Waals surface area contributed by atoms with Gasteiger partial charge in [0.1, 0.15) is 5.75 Å². The lowest BCUT2D eigenvalue weighted by molar-refractivity contribution is -0.123. The molecule has 26 heavy (non-hydrogen) atoms. The van der Waals surface area contributed by atoms with E-state index in [9.17, 15) is 4.79 Å². The van der Waals surface area contributed by atoms with E-state index < -0.39 is 0 Å². The van der Waals surface area contributed by atoms with Crippen LogP contribution in [0.5, 0.6) is 5.75 Å².